The molecule has 0 atom stereocenters. The quantitative estimate of drug-likeness (QED) is 0.868. The molecule has 0 aliphatic carbocycles. The highest BCUT2D eigenvalue weighted by Gasteiger charge is 2.08. The minimum absolute atomic E-state index is 0.600. The van der Waals surface area contributed by atoms with Crippen molar-refractivity contribution in [3.8, 4) is 0 Å². The van der Waals surface area contributed by atoms with E-state index in [9.17, 15) is 0 Å². The third-order valence-electron chi connectivity index (χ3n) is 2.72. The van der Waals surface area contributed by atoms with Crippen molar-refractivity contribution < 1.29 is 0 Å². The second-order valence-corrected chi connectivity index (χ2v) is 4.23. The normalized spacial score (nSPS) is 10.3. The van der Waals surface area contributed by atoms with Crippen molar-refractivity contribution in [2.75, 3.05) is 18.0 Å². The van der Waals surface area contributed by atoms with Crippen molar-refractivity contribution in [1.29, 1.82) is 0 Å². The van der Waals surface area contributed by atoms with Crippen LogP contribution in [-0.4, -0.2) is 23.3 Å². The summed E-state index contributed by atoms with van der Waals surface area (Å²) in [6.45, 7) is 4.10. The SMILES string of the molecule is Cc1ccc(N(CCN)Cc2ccccc2)nn1. The summed E-state index contributed by atoms with van der Waals surface area (Å²) in [6, 6.07) is 14.3. The number of benzene rings is 1. The molecule has 0 fully saturated rings. The summed E-state index contributed by atoms with van der Waals surface area (Å²) in [7, 11) is 0. The predicted octanol–water partition coefficient (Wildman–Crippen LogP) is 1.75. The van der Waals surface area contributed by atoms with Gasteiger partial charge in [0.2, 0.25) is 0 Å². The molecule has 0 aliphatic heterocycles. The van der Waals surface area contributed by atoms with E-state index in [1.807, 2.05) is 37.3 Å². The van der Waals surface area contributed by atoms with Gasteiger partial charge in [0, 0.05) is 19.6 Å². The summed E-state index contributed by atoms with van der Waals surface area (Å²) < 4.78 is 0. The maximum atomic E-state index is 5.66. The summed E-state index contributed by atoms with van der Waals surface area (Å²) in [5.74, 6) is 0.870. The predicted molar refractivity (Wildman–Crippen MR) is 73.3 cm³/mol. The first-order valence-corrected chi connectivity index (χ1v) is 6.09. The molecule has 4 nitrogen and oxygen atoms in total. The van der Waals surface area contributed by atoms with Crippen molar-refractivity contribution >= 4 is 5.82 Å². The lowest BCUT2D eigenvalue weighted by molar-refractivity contribution is 0.760. The van der Waals surface area contributed by atoms with Crippen LogP contribution < -0.4 is 10.6 Å². The van der Waals surface area contributed by atoms with Crippen LogP contribution in [0.4, 0.5) is 5.82 Å². The lowest BCUT2D eigenvalue weighted by Gasteiger charge is -2.22. The second-order valence-electron chi connectivity index (χ2n) is 4.23. The topological polar surface area (TPSA) is 55.0 Å². The number of anilines is 1. The van der Waals surface area contributed by atoms with E-state index in [4.69, 9.17) is 5.73 Å². The Labute approximate surface area is 107 Å². The van der Waals surface area contributed by atoms with Crippen LogP contribution in [0.1, 0.15) is 11.3 Å². The van der Waals surface area contributed by atoms with E-state index >= 15 is 0 Å². The van der Waals surface area contributed by atoms with E-state index in [-0.39, 0.29) is 0 Å². The molecule has 0 saturated heterocycles. The number of nitrogens with zero attached hydrogens (tertiary/aromatic N) is 3. The molecule has 2 N–H and O–H groups in total. The average molecular weight is 242 g/mol. The molecule has 2 aromatic rings. The average Bonchev–Trinajstić information content (AvgIpc) is 2.40. The highest BCUT2D eigenvalue weighted by Crippen LogP contribution is 2.13. The van der Waals surface area contributed by atoms with E-state index in [1.165, 1.54) is 5.56 Å². The smallest absolute Gasteiger partial charge is 0.151 e. The van der Waals surface area contributed by atoms with E-state index in [1.54, 1.807) is 0 Å². The Hall–Kier alpha value is -1.94. The zero-order chi connectivity index (χ0) is 12.8. The standard InChI is InChI=1S/C14H18N4/c1-12-7-8-14(17-16-12)18(10-9-15)11-13-5-3-2-4-6-13/h2-8H,9-11,15H2,1H3. The Balaban J connectivity index is 2.15. The minimum Gasteiger partial charge on any atom is -0.350 e. The van der Waals surface area contributed by atoms with Crippen LogP contribution in [0.5, 0.6) is 0 Å². The first kappa shape index (κ1) is 12.5. The maximum Gasteiger partial charge on any atom is 0.151 e. The number of nitrogens with two attached hydrogens (primary N) is 1. The number of hydrogen-bond donors (Lipinski definition) is 1. The third kappa shape index (κ3) is 3.28. The summed E-state index contributed by atoms with van der Waals surface area (Å²) in [4.78, 5) is 2.14. The Kier molecular flexibility index (Phi) is 4.25. The summed E-state index contributed by atoms with van der Waals surface area (Å²) >= 11 is 0. The van der Waals surface area contributed by atoms with Gasteiger partial charge in [-0.1, -0.05) is 30.3 Å². The van der Waals surface area contributed by atoms with Gasteiger partial charge in [0.25, 0.3) is 0 Å². The molecular formula is C14H18N4. The molecule has 0 aliphatic rings. The van der Waals surface area contributed by atoms with Gasteiger partial charge in [-0.25, -0.2) is 0 Å². The van der Waals surface area contributed by atoms with Gasteiger partial charge in [-0.3, -0.25) is 0 Å². The second kappa shape index (κ2) is 6.12. The first-order valence-electron chi connectivity index (χ1n) is 6.09. The Morgan fingerprint density at radius 2 is 1.83 bits per heavy atom. The fraction of sp³-hybridized carbons (Fsp3) is 0.286. The summed E-state index contributed by atoms with van der Waals surface area (Å²) in [6.07, 6.45) is 0. The molecule has 0 amide bonds. The number of rotatable bonds is 5. The summed E-state index contributed by atoms with van der Waals surface area (Å²) in [5.41, 5.74) is 7.83. The molecule has 0 unspecified atom stereocenters. The Morgan fingerprint density at radius 3 is 2.44 bits per heavy atom. The van der Waals surface area contributed by atoms with Gasteiger partial charge in [-0.15, -0.1) is 5.10 Å². The minimum atomic E-state index is 0.600. The van der Waals surface area contributed by atoms with Gasteiger partial charge in [-0.05, 0) is 24.6 Å². The fourth-order valence-corrected chi connectivity index (χ4v) is 1.79. The summed E-state index contributed by atoms with van der Waals surface area (Å²) in [5, 5.41) is 8.31. The van der Waals surface area contributed by atoms with E-state index < -0.39 is 0 Å². The zero-order valence-corrected chi connectivity index (χ0v) is 10.6. The number of aromatic nitrogens is 2. The highest BCUT2D eigenvalue weighted by atomic mass is 15.3. The van der Waals surface area contributed by atoms with Gasteiger partial charge in [-0.2, -0.15) is 5.10 Å². The van der Waals surface area contributed by atoms with Crippen LogP contribution >= 0.6 is 0 Å². The van der Waals surface area contributed by atoms with Crippen molar-refractivity contribution in [3.05, 3.63) is 53.7 Å². The van der Waals surface area contributed by atoms with Gasteiger partial charge in [0.1, 0.15) is 0 Å². The lowest BCUT2D eigenvalue weighted by Crippen LogP contribution is -2.29. The molecule has 94 valence electrons. The molecule has 1 aromatic heterocycles. The van der Waals surface area contributed by atoms with Crippen molar-refractivity contribution in [1.82, 2.24) is 10.2 Å². The molecule has 2 rings (SSSR count). The largest absolute Gasteiger partial charge is 0.350 e. The maximum absolute atomic E-state index is 5.66. The zero-order valence-electron chi connectivity index (χ0n) is 10.6. The molecule has 0 radical (unpaired) electrons. The molecule has 0 bridgehead atoms. The van der Waals surface area contributed by atoms with Gasteiger partial charge < -0.3 is 10.6 Å². The molecule has 18 heavy (non-hydrogen) atoms. The van der Waals surface area contributed by atoms with Crippen molar-refractivity contribution in [2.45, 2.75) is 13.5 Å². The van der Waals surface area contributed by atoms with Gasteiger partial charge in [0.05, 0.1) is 5.69 Å². The van der Waals surface area contributed by atoms with Crippen LogP contribution in [0.3, 0.4) is 0 Å². The Bertz CT molecular complexity index is 467. The first-order chi connectivity index (χ1) is 8.79. The van der Waals surface area contributed by atoms with E-state index in [2.05, 4.69) is 27.2 Å². The number of aryl methyl sites for hydroxylation is 1. The van der Waals surface area contributed by atoms with Gasteiger partial charge >= 0.3 is 0 Å². The monoisotopic (exact) mass is 242 g/mol. The van der Waals surface area contributed by atoms with Crippen molar-refractivity contribution in [3.63, 3.8) is 0 Å². The highest BCUT2D eigenvalue weighted by molar-refractivity contribution is 5.38. The van der Waals surface area contributed by atoms with Crippen LogP contribution in [-0.2, 0) is 6.54 Å². The van der Waals surface area contributed by atoms with Gasteiger partial charge in [0.15, 0.2) is 5.82 Å². The van der Waals surface area contributed by atoms with Crippen LogP contribution in [0.2, 0.25) is 0 Å². The Morgan fingerprint density at radius 1 is 1.06 bits per heavy atom. The molecule has 0 spiro atoms. The molecule has 4 heteroatoms. The molecule has 1 heterocycles. The molecular weight excluding hydrogens is 224 g/mol. The van der Waals surface area contributed by atoms with Crippen LogP contribution in [0.15, 0.2) is 42.5 Å². The lowest BCUT2D eigenvalue weighted by atomic mass is 10.2. The van der Waals surface area contributed by atoms with E-state index in [0.29, 0.717) is 6.54 Å². The van der Waals surface area contributed by atoms with Crippen molar-refractivity contribution in [2.24, 2.45) is 5.73 Å². The molecule has 1 aromatic carbocycles. The van der Waals surface area contributed by atoms with E-state index in [0.717, 1.165) is 24.6 Å². The molecule has 0 saturated carbocycles. The van der Waals surface area contributed by atoms with Crippen LogP contribution in [0.25, 0.3) is 0 Å². The van der Waals surface area contributed by atoms with Crippen LogP contribution in [0, 0.1) is 6.92 Å². The third-order valence-corrected chi connectivity index (χ3v) is 2.72. The number of hydrogen-bond acceptors (Lipinski definition) is 4. The fourth-order valence-electron chi connectivity index (χ4n) is 1.79.